The SMILES string of the molecule is CC1=C(C#CCC(C)O)CCCC1=O. The van der Waals surface area contributed by atoms with E-state index in [0.29, 0.717) is 12.8 Å². The van der Waals surface area contributed by atoms with Crippen molar-refractivity contribution < 1.29 is 9.90 Å². The van der Waals surface area contributed by atoms with Gasteiger partial charge in [0.05, 0.1) is 6.10 Å². The van der Waals surface area contributed by atoms with Gasteiger partial charge in [0.2, 0.25) is 0 Å². The zero-order chi connectivity index (χ0) is 10.6. The summed E-state index contributed by atoms with van der Waals surface area (Å²) in [5.41, 5.74) is 1.77. The standard InChI is InChI=1S/C12H16O2/c1-9(13)5-3-6-11-7-4-8-12(14)10(11)2/h9,13H,4-5,7-8H2,1-2H3. The predicted octanol–water partition coefficient (Wildman–Crippen LogP) is 1.83. The smallest absolute Gasteiger partial charge is 0.159 e. The number of carbonyl (C=O) groups excluding carboxylic acids is 1. The van der Waals surface area contributed by atoms with E-state index >= 15 is 0 Å². The highest BCUT2D eigenvalue weighted by Gasteiger charge is 2.14. The first-order valence-electron chi connectivity index (χ1n) is 5.01. The van der Waals surface area contributed by atoms with E-state index in [1.54, 1.807) is 6.92 Å². The quantitative estimate of drug-likeness (QED) is 0.643. The lowest BCUT2D eigenvalue weighted by Gasteiger charge is -2.11. The second-order valence-electron chi connectivity index (χ2n) is 3.74. The van der Waals surface area contributed by atoms with Gasteiger partial charge in [0, 0.05) is 24.0 Å². The van der Waals surface area contributed by atoms with Gasteiger partial charge in [-0.2, -0.15) is 0 Å². The van der Waals surface area contributed by atoms with Crippen molar-refractivity contribution in [2.45, 2.75) is 45.6 Å². The van der Waals surface area contributed by atoms with E-state index in [1.807, 2.05) is 6.92 Å². The molecule has 0 amide bonds. The second kappa shape index (κ2) is 4.97. The van der Waals surface area contributed by atoms with E-state index in [4.69, 9.17) is 5.11 Å². The summed E-state index contributed by atoms with van der Waals surface area (Å²) in [6, 6.07) is 0. The van der Waals surface area contributed by atoms with Gasteiger partial charge in [0.1, 0.15) is 0 Å². The molecule has 1 unspecified atom stereocenters. The Morgan fingerprint density at radius 3 is 2.86 bits per heavy atom. The third kappa shape index (κ3) is 3.01. The molecule has 0 aliphatic heterocycles. The Hall–Kier alpha value is -1.07. The van der Waals surface area contributed by atoms with Crippen molar-refractivity contribution in [3.8, 4) is 11.8 Å². The van der Waals surface area contributed by atoms with E-state index in [1.165, 1.54) is 0 Å². The summed E-state index contributed by atoms with van der Waals surface area (Å²) in [7, 11) is 0. The third-order valence-corrected chi connectivity index (χ3v) is 2.34. The normalized spacial score (nSPS) is 18.9. The second-order valence-corrected chi connectivity index (χ2v) is 3.74. The first-order chi connectivity index (χ1) is 6.61. The molecule has 1 rings (SSSR count). The highest BCUT2D eigenvalue weighted by molar-refractivity contribution is 5.97. The van der Waals surface area contributed by atoms with E-state index in [-0.39, 0.29) is 11.9 Å². The molecule has 1 atom stereocenters. The lowest BCUT2D eigenvalue weighted by Crippen LogP contribution is -2.08. The molecule has 0 saturated carbocycles. The first kappa shape index (κ1) is 11.0. The number of rotatable bonds is 1. The van der Waals surface area contributed by atoms with Crippen LogP contribution >= 0.6 is 0 Å². The molecule has 1 aliphatic rings. The number of aliphatic hydroxyl groups is 1. The largest absolute Gasteiger partial charge is 0.392 e. The van der Waals surface area contributed by atoms with Gasteiger partial charge in [-0.05, 0) is 26.7 Å². The van der Waals surface area contributed by atoms with Crippen LogP contribution in [-0.2, 0) is 4.79 Å². The van der Waals surface area contributed by atoms with Crippen LogP contribution in [0.5, 0.6) is 0 Å². The van der Waals surface area contributed by atoms with Gasteiger partial charge in [-0.15, -0.1) is 0 Å². The Balaban J connectivity index is 2.70. The maximum Gasteiger partial charge on any atom is 0.159 e. The van der Waals surface area contributed by atoms with Crippen molar-refractivity contribution in [1.82, 2.24) is 0 Å². The van der Waals surface area contributed by atoms with Crippen molar-refractivity contribution in [1.29, 1.82) is 0 Å². The van der Waals surface area contributed by atoms with Crippen molar-refractivity contribution in [3.05, 3.63) is 11.1 Å². The highest BCUT2D eigenvalue weighted by atomic mass is 16.3. The van der Waals surface area contributed by atoms with Crippen molar-refractivity contribution in [3.63, 3.8) is 0 Å². The number of allylic oxidation sites excluding steroid dienone is 2. The molecule has 0 fully saturated rings. The summed E-state index contributed by atoms with van der Waals surface area (Å²) in [6.07, 6.45) is 2.57. The molecule has 1 N–H and O–H groups in total. The number of carbonyl (C=O) groups is 1. The molecule has 2 heteroatoms. The summed E-state index contributed by atoms with van der Waals surface area (Å²) >= 11 is 0. The third-order valence-electron chi connectivity index (χ3n) is 2.34. The minimum atomic E-state index is -0.386. The maximum absolute atomic E-state index is 11.3. The monoisotopic (exact) mass is 192 g/mol. The fourth-order valence-electron chi connectivity index (χ4n) is 1.43. The summed E-state index contributed by atoms with van der Waals surface area (Å²) < 4.78 is 0. The first-order valence-corrected chi connectivity index (χ1v) is 5.01. The number of aliphatic hydroxyl groups excluding tert-OH is 1. The molecule has 1 aliphatic carbocycles. The molecule has 14 heavy (non-hydrogen) atoms. The van der Waals surface area contributed by atoms with Gasteiger partial charge in [-0.3, -0.25) is 4.79 Å². The van der Waals surface area contributed by atoms with Crippen LogP contribution in [0.4, 0.5) is 0 Å². The zero-order valence-electron chi connectivity index (χ0n) is 8.76. The Morgan fingerprint density at radius 1 is 1.50 bits per heavy atom. The Kier molecular flexibility index (Phi) is 3.91. The fourth-order valence-corrected chi connectivity index (χ4v) is 1.43. The molecule has 0 saturated heterocycles. The molecule has 0 heterocycles. The fraction of sp³-hybridized carbons (Fsp3) is 0.583. The topological polar surface area (TPSA) is 37.3 Å². The minimum Gasteiger partial charge on any atom is -0.392 e. The van der Waals surface area contributed by atoms with Crippen molar-refractivity contribution >= 4 is 5.78 Å². The van der Waals surface area contributed by atoms with Crippen LogP contribution < -0.4 is 0 Å². The van der Waals surface area contributed by atoms with Crippen LogP contribution in [0.2, 0.25) is 0 Å². The summed E-state index contributed by atoms with van der Waals surface area (Å²) in [5, 5.41) is 9.01. The molecule has 0 aromatic heterocycles. The molecule has 76 valence electrons. The molecular weight excluding hydrogens is 176 g/mol. The van der Waals surface area contributed by atoms with Crippen molar-refractivity contribution in [2.75, 3.05) is 0 Å². The molecule has 0 radical (unpaired) electrons. The summed E-state index contributed by atoms with van der Waals surface area (Å²) in [5.74, 6) is 6.10. The molecular formula is C12H16O2. The molecule has 0 aromatic carbocycles. The van der Waals surface area contributed by atoms with Crippen LogP contribution in [0, 0.1) is 11.8 Å². The Labute approximate surface area is 85.0 Å². The van der Waals surface area contributed by atoms with E-state index < -0.39 is 0 Å². The van der Waals surface area contributed by atoms with Gasteiger partial charge in [-0.25, -0.2) is 0 Å². The number of Topliss-reactive ketones (excluding diaryl/α,β-unsaturated/α-hetero) is 1. The predicted molar refractivity (Wildman–Crippen MR) is 55.6 cm³/mol. The van der Waals surface area contributed by atoms with Gasteiger partial charge < -0.3 is 5.11 Å². The van der Waals surface area contributed by atoms with E-state index in [2.05, 4.69) is 11.8 Å². The van der Waals surface area contributed by atoms with Crippen LogP contribution in [0.3, 0.4) is 0 Å². The van der Waals surface area contributed by atoms with Gasteiger partial charge in [0.25, 0.3) is 0 Å². The van der Waals surface area contributed by atoms with E-state index in [9.17, 15) is 4.79 Å². The minimum absolute atomic E-state index is 0.220. The molecule has 0 bridgehead atoms. The zero-order valence-corrected chi connectivity index (χ0v) is 8.76. The number of hydrogen-bond donors (Lipinski definition) is 1. The van der Waals surface area contributed by atoms with Crippen LogP contribution in [0.15, 0.2) is 11.1 Å². The summed E-state index contributed by atoms with van der Waals surface area (Å²) in [4.78, 5) is 11.3. The van der Waals surface area contributed by atoms with Gasteiger partial charge in [-0.1, -0.05) is 11.8 Å². The van der Waals surface area contributed by atoms with Crippen LogP contribution in [0.25, 0.3) is 0 Å². The molecule has 2 nitrogen and oxygen atoms in total. The van der Waals surface area contributed by atoms with Crippen LogP contribution in [-0.4, -0.2) is 17.0 Å². The Bertz CT molecular complexity index is 313. The van der Waals surface area contributed by atoms with Gasteiger partial charge >= 0.3 is 0 Å². The van der Waals surface area contributed by atoms with Crippen molar-refractivity contribution in [2.24, 2.45) is 0 Å². The van der Waals surface area contributed by atoms with E-state index in [0.717, 1.165) is 24.0 Å². The lowest BCUT2D eigenvalue weighted by atomic mass is 9.92. The average Bonchev–Trinajstić information content (AvgIpc) is 2.12. The summed E-state index contributed by atoms with van der Waals surface area (Å²) in [6.45, 7) is 3.55. The number of hydrogen-bond acceptors (Lipinski definition) is 2. The molecule has 0 aromatic rings. The maximum atomic E-state index is 11.3. The average molecular weight is 192 g/mol. The lowest BCUT2D eigenvalue weighted by molar-refractivity contribution is -0.116. The Morgan fingerprint density at radius 2 is 2.21 bits per heavy atom. The van der Waals surface area contributed by atoms with Crippen LogP contribution in [0.1, 0.15) is 39.5 Å². The highest BCUT2D eigenvalue weighted by Crippen LogP contribution is 2.20. The van der Waals surface area contributed by atoms with Gasteiger partial charge in [0.15, 0.2) is 5.78 Å². The number of ketones is 1. The molecule has 0 spiro atoms.